The van der Waals surface area contributed by atoms with Gasteiger partial charge in [0.25, 0.3) is 0 Å². The maximum absolute atomic E-state index is 6.00. The van der Waals surface area contributed by atoms with E-state index in [0.29, 0.717) is 17.5 Å². The van der Waals surface area contributed by atoms with Gasteiger partial charge in [0.15, 0.2) is 5.76 Å². The van der Waals surface area contributed by atoms with Gasteiger partial charge in [0.2, 0.25) is 5.89 Å². The highest BCUT2D eigenvalue weighted by atomic mass is 35.5. The molecule has 0 amide bonds. The summed E-state index contributed by atoms with van der Waals surface area (Å²) in [6, 6.07) is 17.7. The summed E-state index contributed by atoms with van der Waals surface area (Å²) in [7, 11) is 2.01. The minimum Gasteiger partial charge on any atom is -0.439 e. The van der Waals surface area contributed by atoms with E-state index in [1.807, 2.05) is 49.5 Å². The number of hydrogen-bond acceptors (Lipinski definition) is 3. The second-order valence-electron chi connectivity index (χ2n) is 4.82. The van der Waals surface area contributed by atoms with Gasteiger partial charge in [0.05, 0.1) is 12.7 Å². The van der Waals surface area contributed by atoms with Crippen LogP contribution in [0.15, 0.2) is 65.2 Å². The Kier molecular flexibility index (Phi) is 3.93. The van der Waals surface area contributed by atoms with E-state index in [1.54, 1.807) is 6.20 Å². The molecule has 0 bridgehead atoms. The van der Waals surface area contributed by atoms with Gasteiger partial charge in [-0.15, -0.1) is 0 Å². The van der Waals surface area contributed by atoms with Crippen LogP contribution in [-0.4, -0.2) is 12.0 Å². The van der Waals surface area contributed by atoms with Crippen molar-refractivity contribution in [1.82, 2.24) is 4.98 Å². The monoisotopic (exact) mass is 298 g/mol. The van der Waals surface area contributed by atoms with Crippen LogP contribution < -0.4 is 4.90 Å². The second-order valence-corrected chi connectivity index (χ2v) is 5.26. The van der Waals surface area contributed by atoms with Crippen LogP contribution in [0.4, 0.5) is 5.69 Å². The Morgan fingerprint density at radius 3 is 2.67 bits per heavy atom. The minimum atomic E-state index is 0.616. The normalized spacial score (nSPS) is 10.6. The molecule has 3 rings (SSSR count). The van der Waals surface area contributed by atoms with Crippen LogP contribution in [0.2, 0.25) is 5.02 Å². The highest BCUT2D eigenvalue weighted by Gasteiger charge is 2.09. The molecular weight excluding hydrogens is 284 g/mol. The first-order chi connectivity index (χ1) is 10.2. The van der Waals surface area contributed by atoms with E-state index in [9.17, 15) is 0 Å². The molecule has 2 aromatic carbocycles. The molecule has 0 atom stereocenters. The average Bonchev–Trinajstić information content (AvgIpc) is 2.97. The maximum atomic E-state index is 6.00. The van der Waals surface area contributed by atoms with Crippen molar-refractivity contribution in [2.45, 2.75) is 6.54 Å². The first kappa shape index (κ1) is 13.7. The molecule has 0 N–H and O–H groups in total. The standard InChI is InChI=1S/C17H15ClN2O/c1-20(15-8-3-2-4-9-15)12-17-19-11-16(21-17)13-6-5-7-14(18)10-13/h2-11H,12H2,1H3. The van der Waals surface area contributed by atoms with Gasteiger partial charge in [-0.2, -0.15) is 0 Å². The number of benzene rings is 2. The molecule has 0 radical (unpaired) electrons. The van der Waals surface area contributed by atoms with Crippen LogP contribution in [0.25, 0.3) is 11.3 Å². The molecule has 21 heavy (non-hydrogen) atoms. The number of aromatic nitrogens is 1. The fourth-order valence-corrected chi connectivity index (χ4v) is 2.33. The summed E-state index contributed by atoms with van der Waals surface area (Å²) in [6.45, 7) is 0.616. The maximum Gasteiger partial charge on any atom is 0.214 e. The smallest absolute Gasteiger partial charge is 0.214 e. The number of halogens is 1. The largest absolute Gasteiger partial charge is 0.439 e. The van der Waals surface area contributed by atoms with Crippen LogP contribution in [0.1, 0.15) is 5.89 Å². The molecular formula is C17H15ClN2O. The van der Waals surface area contributed by atoms with E-state index >= 15 is 0 Å². The Hall–Kier alpha value is -2.26. The van der Waals surface area contributed by atoms with Crippen molar-refractivity contribution in [3.8, 4) is 11.3 Å². The Balaban J connectivity index is 1.76. The molecule has 1 aromatic heterocycles. The molecule has 0 spiro atoms. The quantitative estimate of drug-likeness (QED) is 0.703. The lowest BCUT2D eigenvalue weighted by Crippen LogP contribution is -2.16. The summed E-state index contributed by atoms with van der Waals surface area (Å²) < 4.78 is 5.81. The van der Waals surface area contributed by atoms with Crippen molar-refractivity contribution in [2.75, 3.05) is 11.9 Å². The lowest BCUT2D eigenvalue weighted by Gasteiger charge is -2.16. The van der Waals surface area contributed by atoms with Crippen molar-refractivity contribution in [3.63, 3.8) is 0 Å². The van der Waals surface area contributed by atoms with E-state index in [0.717, 1.165) is 17.0 Å². The number of para-hydroxylation sites is 1. The van der Waals surface area contributed by atoms with Crippen LogP contribution in [0.3, 0.4) is 0 Å². The zero-order valence-electron chi connectivity index (χ0n) is 11.7. The molecule has 4 heteroatoms. The van der Waals surface area contributed by atoms with Gasteiger partial charge in [0.1, 0.15) is 0 Å². The van der Waals surface area contributed by atoms with E-state index in [-0.39, 0.29) is 0 Å². The van der Waals surface area contributed by atoms with Crippen molar-refractivity contribution in [1.29, 1.82) is 0 Å². The van der Waals surface area contributed by atoms with Crippen molar-refractivity contribution >= 4 is 17.3 Å². The molecule has 106 valence electrons. The number of nitrogens with zero attached hydrogens (tertiary/aromatic N) is 2. The minimum absolute atomic E-state index is 0.616. The molecule has 0 aliphatic rings. The van der Waals surface area contributed by atoms with Gasteiger partial charge < -0.3 is 9.32 Å². The first-order valence-corrected chi connectivity index (χ1v) is 7.07. The molecule has 3 aromatic rings. The van der Waals surface area contributed by atoms with Gasteiger partial charge in [-0.1, -0.05) is 41.9 Å². The van der Waals surface area contributed by atoms with Gasteiger partial charge in [-0.05, 0) is 24.3 Å². The van der Waals surface area contributed by atoms with Crippen molar-refractivity contribution < 1.29 is 4.42 Å². The number of hydrogen-bond donors (Lipinski definition) is 0. The number of anilines is 1. The van der Waals surface area contributed by atoms with Crippen LogP contribution in [-0.2, 0) is 6.54 Å². The molecule has 1 heterocycles. The zero-order valence-corrected chi connectivity index (χ0v) is 12.4. The molecule has 0 saturated carbocycles. The molecule has 0 fully saturated rings. The van der Waals surface area contributed by atoms with Gasteiger partial charge in [-0.25, -0.2) is 4.98 Å². The third-order valence-corrected chi connectivity index (χ3v) is 3.47. The number of rotatable bonds is 4. The third-order valence-electron chi connectivity index (χ3n) is 3.23. The van der Waals surface area contributed by atoms with Gasteiger partial charge >= 0.3 is 0 Å². The van der Waals surface area contributed by atoms with Gasteiger partial charge in [0, 0.05) is 23.3 Å². The average molecular weight is 299 g/mol. The summed E-state index contributed by atoms with van der Waals surface area (Å²) in [4.78, 5) is 6.43. The lowest BCUT2D eigenvalue weighted by atomic mass is 10.2. The molecule has 0 unspecified atom stereocenters. The fraction of sp³-hybridized carbons (Fsp3) is 0.118. The molecule has 0 aliphatic heterocycles. The van der Waals surface area contributed by atoms with Crippen LogP contribution in [0, 0.1) is 0 Å². The van der Waals surface area contributed by atoms with Crippen LogP contribution >= 0.6 is 11.6 Å². The van der Waals surface area contributed by atoms with E-state index in [1.165, 1.54) is 0 Å². The summed E-state index contributed by atoms with van der Waals surface area (Å²) in [5, 5.41) is 0.687. The predicted octanol–water partition coefficient (Wildman–Crippen LogP) is 4.63. The van der Waals surface area contributed by atoms with E-state index in [2.05, 4.69) is 22.0 Å². The topological polar surface area (TPSA) is 29.3 Å². The lowest BCUT2D eigenvalue weighted by molar-refractivity contribution is 0.504. The zero-order chi connectivity index (χ0) is 14.7. The highest BCUT2D eigenvalue weighted by molar-refractivity contribution is 6.30. The summed E-state index contributed by atoms with van der Waals surface area (Å²) in [5.74, 6) is 1.41. The Morgan fingerprint density at radius 2 is 1.90 bits per heavy atom. The Bertz CT molecular complexity index is 724. The third kappa shape index (κ3) is 3.26. The Labute approximate surface area is 128 Å². The van der Waals surface area contributed by atoms with E-state index < -0.39 is 0 Å². The second kappa shape index (κ2) is 6.02. The SMILES string of the molecule is CN(Cc1ncc(-c2cccc(Cl)c2)o1)c1ccccc1. The summed E-state index contributed by atoms with van der Waals surface area (Å²) in [6.07, 6.45) is 1.74. The predicted molar refractivity (Wildman–Crippen MR) is 85.5 cm³/mol. The van der Waals surface area contributed by atoms with Crippen LogP contribution in [0.5, 0.6) is 0 Å². The molecule has 3 nitrogen and oxygen atoms in total. The van der Waals surface area contributed by atoms with E-state index in [4.69, 9.17) is 16.0 Å². The summed E-state index contributed by atoms with van der Waals surface area (Å²) in [5.41, 5.74) is 2.06. The number of oxazole rings is 1. The summed E-state index contributed by atoms with van der Waals surface area (Å²) >= 11 is 6.00. The fourth-order valence-electron chi connectivity index (χ4n) is 2.14. The molecule has 0 aliphatic carbocycles. The Morgan fingerprint density at radius 1 is 1.10 bits per heavy atom. The van der Waals surface area contributed by atoms with Gasteiger partial charge in [-0.3, -0.25) is 0 Å². The van der Waals surface area contributed by atoms with Crippen molar-refractivity contribution in [2.24, 2.45) is 0 Å². The molecule has 0 saturated heterocycles. The first-order valence-electron chi connectivity index (χ1n) is 6.69. The van der Waals surface area contributed by atoms with Crippen molar-refractivity contribution in [3.05, 3.63) is 71.7 Å². The highest BCUT2D eigenvalue weighted by Crippen LogP contribution is 2.24.